The number of aromatic nitrogens is 5. The summed E-state index contributed by atoms with van der Waals surface area (Å²) in [6.45, 7) is 1.49. The molecule has 0 bridgehead atoms. The van der Waals surface area contributed by atoms with Crippen molar-refractivity contribution in [1.29, 1.82) is 0 Å². The molecule has 0 amide bonds. The second-order valence-corrected chi connectivity index (χ2v) is 6.60. The first-order valence-corrected chi connectivity index (χ1v) is 8.66. The minimum atomic E-state index is 0.632. The first kappa shape index (κ1) is 15.7. The normalized spacial score (nSPS) is 10.9. The topological polar surface area (TPSA) is 59.2 Å². The summed E-state index contributed by atoms with van der Waals surface area (Å²) in [6.07, 6.45) is 0. The Kier molecular flexibility index (Phi) is 4.39. The van der Waals surface area contributed by atoms with E-state index < -0.39 is 0 Å². The van der Waals surface area contributed by atoms with Crippen LogP contribution in [0.5, 0.6) is 0 Å². The highest BCUT2D eigenvalue weighted by atomic mass is 79.9. The highest BCUT2D eigenvalue weighted by molar-refractivity contribution is 9.10. The van der Waals surface area contributed by atoms with E-state index in [1.807, 2.05) is 42.5 Å². The van der Waals surface area contributed by atoms with Crippen LogP contribution in [-0.4, -0.2) is 25.3 Å². The molecular formula is C18H15BrN6. The standard InChI is InChI=1S/C18H15BrN6/c19-16-8-6-15(7-9-16)13-24(12-14-4-2-1-3-5-14)18-11-10-17-20-22-23-25(17)21-18/h1-11H,12-13H2. The molecule has 0 aliphatic heterocycles. The molecule has 0 unspecified atom stereocenters. The number of benzene rings is 2. The number of rotatable bonds is 5. The van der Waals surface area contributed by atoms with Gasteiger partial charge in [-0.1, -0.05) is 58.4 Å². The van der Waals surface area contributed by atoms with Crippen LogP contribution >= 0.6 is 15.9 Å². The van der Waals surface area contributed by atoms with Crippen LogP contribution in [0, 0.1) is 0 Å². The number of anilines is 1. The molecule has 124 valence electrons. The van der Waals surface area contributed by atoms with Gasteiger partial charge in [-0.15, -0.1) is 14.8 Å². The third-order valence-electron chi connectivity index (χ3n) is 3.88. The fraction of sp³-hybridized carbons (Fsp3) is 0.111. The van der Waals surface area contributed by atoms with Gasteiger partial charge in [-0.2, -0.15) is 0 Å². The van der Waals surface area contributed by atoms with Gasteiger partial charge >= 0.3 is 0 Å². The van der Waals surface area contributed by atoms with E-state index >= 15 is 0 Å². The lowest BCUT2D eigenvalue weighted by molar-refractivity contribution is 0.700. The Morgan fingerprint density at radius 1 is 0.840 bits per heavy atom. The Bertz CT molecular complexity index is 968. The summed E-state index contributed by atoms with van der Waals surface area (Å²) >= 11 is 3.48. The van der Waals surface area contributed by atoms with Crippen molar-refractivity contribution in [1.82, 2.24) is 25.3 Å². The maximum absolute atomic E-state index is 4.54. The molecule has 0 aliphatic rings. The van der Waals surface area contributed by atoms with Crippen LogP contribution in [0.1, 0.15) is 11.1 Å². The summed E-state index contributed by atoms with van der Waals surface area (Å²) in [4.78, 5) is 2.21. The lowest BCUT2D eigenvalue weighted by atomic mass is 10.1. The maximum Gasteiger partial charge on any atom is 0.200 e. The minimum Gasteiger partial charge on any atom is -0.346 e. The van der Waals surface area contributed by atoms with Gasteiger partial charge < -0.3 is 4.90 Å². The smallest absolute Gasteiger partial charge is 0.200 e. The Morgan fingerprint density at radius 3 is 2.32 bits per heavy atom. The molecule has 25 heavy (non-hydrogen) atoms. The fourth-order valence-electron chi connectivity index (χ4n) is 2.64. The van der Waals surface area contributed by atoms with Gasteiger partial charge in [0, 0.05) is 17.6 Å². The molecule has 0 aliphatic carbocycles. The van der Waals surface area contributed by atoms with Crippen LogP contribution < -0.4 is 4.90 Å². The summed E-state index contributed by atoms with van der Waals surface area (Å²) in [7, 11) is 0. The summed E-state index contributed by atoms with van der Waals surface area (Å²) < 4.78 is 2.52. The van der Waals surface area contributed by atoms with Crippen molar-refractivity contribution in [2.24, 2.45) is 0 Å². The van der Waals surface area contributed by atoms with Crippen molar-refractivity contribution in [3.05, 3.63) is 82.3 Å². The van der Waals surface area contributed by atoms with Crippen LogP contribution in [0.25, 0.3) is 5.65 Å². The van der Waals surface area contributed by atoms with Gasteiger partial charge in [0.25, 0.3) is 0 Å². The third-order valence-corrected chi connectivity index (χ3v) is 4.41. The first-order chi connectivity index (χ1) is 12.3. The van der Waals surface area contributed by atoms with E-state index in [9.17, 15) is 0 Å². The largest absolute Gasteiger partial charge is 0.346 e. The predicted octanol–water partition coefficient (Wildman–Crippen LogP) is 3.49. The Labute approximate surface area is 153 Å². The lowest BCUT2D eigenvalue weighted by Crippen LogP contribution is -2.24. The zero-order chi connectivity index (χ0) is 17.1. The molecule has 2 aromatic carbocycles. The average molecular weight is 395 g/mol. The van der Waals surface area contributed by atoms with Gasteiger partial charge in [0.2, 0.25) is 0 Å². The monoisotopic (exact) mass is 394 g/mol. The summed E-state index contributed by atoms with van der Waals surface area (Å²) in [5.74, 6) is 0.826. The zero-order valence-electron chi connectivity index (χ0n) is 13.3. The maximum atomic E-state index is 4.54. The molecule has 0 saturated heterocycles. The second kappa shape index (κ2) is 6.98. The number of fused-ring (bicyclic) bond motifs is 1. The molecule has 7 heteroatoms. The lowest BCUT2D eigenvalue weighted by Gasteiger charge is -2.23. The zero-order valence-corrected chi connectivity index (χ0v) is 14.9. The van der Waals surface area contributed by atoms with Crippen LogP contribution in [0.15, 0.2) is 71.2 Å². The molecule has 2 heterocycles. The molecule has 0 spiro atoms. The molecule has 2 aromatic heterocycles. The Hall–Kier alpha value is -2.80. The van der Waals surface area contributed by atoms with Crippen molar-refractivity contribution >= 4 is 27.4 Å². The van der Waals surface area contributed by atoms with Crippen LogP contribution in [0.3, 0.4) is 0 Å². The summed E-state index contributed by atoms with van der Waals surface area (Å²) in [5, 5.41) is 16.0. The fourth-order valence-corrected chi connectivity index (χ4v) is 2.91. The molecule has 0 saturated carbocycles. The van der Waals surface area contributed by atoms with Gasteiger partial charge in [0.1, 0.15) is 0 Å². The number of hydrogen-bond acceptors (Lipinski definition) is 5. The van der Waals surface area contributed by atoms with Crippen molar-refractivity contribution in [2.45, 2.75) is 13.1 Å². The summed E-state index contributed by atoms with van der Waals surface area (Å²) in [6, 6.07) is 22.5. The van der Waals surface area contributed by atoms with Gasteiger partial charge in [-0.3, -0.25) is 0 Å². The van der Waals surface area contributed by atoms with Crippen molar-refractivity contribution in [3.8, 4) is 0 Å². The van der Waals surface area contributed by atoms with E-state index in [-0.39, 0.29) is 0 Å². The molecule has 0 N–H and O–H groups in total. The first-order valence-electron chi connectivity index (χ1n) is 7.87. The number of hydrogen-bond donors (Lipinski definition) is 0. The molecular weight excluding hydrogens is 380 g/mol. The van der Waals surface area contributed by atoms with Gasteiger partial charge in [0.05, 0.1) is 0 Å². The van der Waals surface area contributed by atoms with Gasteiger partial charge in [0.15, 0.2) is 11.5 Å². The summed E-state index contributed by atoms with van der Waals surface area (Å²) in [5.41, 5.74) is 3.06. The third kappa shape index (κ3) is 3.66. The van der Waals surface area contributed by atoms with Crippen molar-refractivity contribution in [3.63, 3.8) is 0 Å². The Morgan fingerprint density at radius 2 is 1.56 bits per heavy atom. The van der Waals surface area contributed by atoms with E-state index in [1.54, 1.807) is 0 Å². The molecule has 0 atom stereocenters. The van der Waals surface area contributed by atoms with E-state index in [0.29, 0.717) is 5.65 Å². The van der Waals surface area contributed by atoms with E-state index in [1.165, 1.54) is 15.8 Å². The minimum absolute atomic E-state index is 0.632. The Balaban J connectivity index is 1.67. The molecule has 0 fully saturated rings. The van der Waals surface area contributed by atoms with E-state index in [4.69, 9.17) is 0 Å². The highest BCUT2D eigenvalue weighted by Crippen LogP contribution is 2.19. The highest BCUT2D eigenvalue weighted by Gasteiger charge is 2.12. The number of halogens is 1. The molecule has 4 aromatic rings. The van der Waals surface area contributed by atoms with E-state index in [0.717, 1.165) is 23.4 Å². The van der Waals surface area contributed by atoms with Crippen molar-refractivity contribution < 1.29 is 0 Å². The van der Waals surface area contributed by atoms with Crippen LogP contribution in [-0.2, 0) is 13.1 Å². The molecule has 6 nitrogen and oxygen atoms in total. The number of nitrogens with zero attached hydrogens (tertiary/aromatic N) is 6. The second-order valence-electron chi connectivity index (χ2n) is 5.69. The molecule has 0 radical (unpaired) electrons. The predicted molar refractivity (Wildman–Crippen MR) is 99.0 cm³/mol. The van der Waals surface area contributed by atoms with Crippen molar-refractivity contribution in [2.75, 3.05) is 4.90 Å². The van der Waals surface area contributed by atoms with Crippen LogP contribution in [0.2, 0.25) is 0 Å². The molecule has 4 rings (SSSR count). The van der Waals surface area contributed by atoms with Gasteiger partial charge in [-0.05, 0) is 45.8 Å². The number of tetrazole rings is 1. The average Bonchev–Trinajstić information content (AvgIpc) is 3.11. The van der Waals surface area contributed by atoms with Crippen LogP contribution in [0.4, 0.5) is 5.82 Å². The van der Waals surface area contributed by atoms with Gasteiger partial charge in [-0.25, -0.2) is 0 Å². The van der Waals surface area contributed by atoms with E-state index in [2.05, 4.69) is 65.7 Å². The SMILES string of the molecule is Brc1ccc(CN(Cc2ccccc2)c2ccc3nnnn3n2)cc1. The quantitative estimate of drug-likeness (QED) is 0.518.